The fourth-order valence-electron chi connectivity index (χ4n) is 3.34. The Labute approximate surface area is 195 Å². The van der Waals surface area contributed by atoms with Crippen molar-refractivity contribution in [3.63, 3.8) is 0 Å². The largest absolute Gasteiger partial charge is 0.436 e. The molecule has 8 nitrogen and oxygen atoms in total. The van der Waals surface area contributed by atoms with Crippen LogP contribution in [0.4, 0.5) is 14.6 Å². The number of rotatable bonds is 8. The van der Waals surface area contributed by atoms with Gasteiger partial charge < -0.3 is 9.15 Å². The third kappa shape index (κ3) is 4.95. The maximum atomic E-state index is 15.0. The normalized spacial score (nSPS) is 12.0. The molecule has 176 valence electrons. The molecule has 4 aromatic rings. The first-order valence-electron chi connectivity index (χ1n) is 10.3. The van der Waals surface area contributed by atoms with Gasteiger partial charge in [0.2, 0.25) is 0 Å². The summed E-state index contributed by atoms with van der Waals surface area (Å²) in [6, 6.07) is 8.83. The van der Waals surface area contributed by atoms with Gasteiger partial charge in [-0.05, 0) is 48.4 Å². The van der Waals surface area contributed by atoms with E-state index in [4.69, 9.17) is 9.15 Å². The highest BCUT2D eigenvalue weighted by molar-refractivity contribution is 7.84. The van der Waals surface area contributed by atoms with E-state index in [1.54, 1.807) is 26.0 Å². The number of fused-ring (bicyclic) bond motifs is 1. The van der Waals surface area contributed by atoms with Crippen LogP contribution in [0.25, 0.3) is 11.0 Å². The molecular formula is C23H20F2N4O4S. The molecule has 1 unspecified atom stereocenters. The summed E-state index contributed by atoms with van der Waals surface area (Å²) in [5.41, 5.74) is 0.641. The van der Waals surface area contributed by atoms with Crippen molar-refractivity contribution in [3.8, 4) is 11.6 Å². The smallest absolute Gasteiger partial charge is 0.340 e. The average molecular weight is 487 g/mol. The van der Waals surface area contributed by atoms with Crippen LogP contribution in [0.3, 0.4) is 0 Å². The molecule has 3 aromatic heterocycles. The van der Waals surface area contributed by atoms with Crippen LogP contribution in [0.5, 0.6) is 11.6 Å². The van der Waals surface area contributed by atoms with E-state index in [0.29, 0.717) is 17.5 Å². The molecule has 34 heavy (non-hydrogen) atoms. The summed E-state index contributed by atoms with van der Waals surface area (Å²) in [5, 5.41) is 0.615. The zero-order valence-electron chi connectivity index (χ0n) is 18.2. The predicted octanol–water partition coefficient (Wildman–Crippen LogP) is 4.15. The minimum atomic E-state index is -1.70. The fraction of sp³-hybridized carbons (Fsp3) is 0.174. The summed E-state index contributed by atoms with van der Waals surface area (Å²) in [6.07, 6.45) is 2.70. The second kappa shape index (κ2) is 10.1. The Morgan fingerprint density at radius 2 is 1.97 bits per heavy atom. The summed E-state index contributed by atoms with van der Waals surface area (Å²) in [5.74, 6) is -1.50. The number of halogens is 2. The number of hydrogen-bond donors (Lipinski definition) is 2. The van der Waals surface area contributed by atoms with Crippen LogP contribution in [0, 0.1) is 18.6 Å². The van der Waals surface area contributed by atoms with Crippen LogP contribution in [-0.4, -0.2) is 20.7 Å². The minimum Gasteiger partial charge on any atom is -0.436 e. The third-order valence-electron chi connectivity index (χ3n) is 5.00. The number of ether oxygens (including phenoxy) is 1. The molecular weight excluding hydrogens is 466 g/mol. The number of anilines is 1. The lowest BCUT2D eigenvalue weighted by Crippen LogP contribution is -2.24. The highest BCUT2D eigenvalue weighted by Crippen LogP contribution is 2.29. The molecule has 3 heterocycles. The zero-order valence-corrected chi connectivity index (χ0v) is 19.0. The number of aromatic nitrogens is 2. The maximum Gasteiger partial charge on any atom is 0.340 e. The first-order chi connectivity index (χ1) is 16.4. The fourth-order valence-corrected chi connectivity index (χ4v) is 3.99. The monoisotopic (exact) mass is 486 g/mol. The Kier molecular flexibility index (Phi) is 6.94. The lowest BCUT2D eigenvalue weighted by atomic mass is 10.00. The predicted molar refractivity (Wildman–Crippen MR) is 124 cm³/mol. The summed E-state index contributed by atoms with van der Waals surface area (Å²) in [6.45, 7) is 3.90. The number of hydrogen-bond acceptors (Lipinski definition) is 6. The van der Waals surface area contributed by atoms with E-state index < -0.39 is 28.4 Å². The molecule has 0 saturated carbocycles. The lowest BCUT2D eigenvalue weighted by molar-refractivity contribution is 0.422. The van der Waals surface area contributed by atoms with Gasteiger partial charge in [0.05, 0.1) is 0 Å². The van der Waals surface area contributed by atoms with Gasteiger partial charge in [-0.3, -0.25) is 4.72 Å². The number of aryl methyl sites for hydroxylation is 1. The topological polar surface area (TPSA) is 106 Å². The molecule has 0 bridgehead atoms. The molecule has 0 radical (unpaired) electrons. The van der Waals surface area contributed by atoms with E-state index in [1.165, 1.54) is 36.7 Å². The van der Waals surface area contributed by atoms with Crippen LogP contribution in [0.1, 0.15) is 23.6 Å². The van der Waals surface area contributed by atoms with Crippen molar-refractivity contribution in [2.24, 2.45) is 0 Å². The van der Waals surface area contributed by atoms with Gasteiger partial charge >= 0.3 is 5.63 Å². The highest BCUT2D eigenvalue weighted by Gasteiger charge is 2.18. The van der Waals surface area contributed by atoms with Gasteiger partial charge in [0.25, 0.3) is 5.88 Å². The van der Waals surface area contributed by atoms with Gasteiger partial charge in [-0.1, -0.05) is 6.92 Å². The van der Waals surface area contributed by atoms with Gasteiger partial charge in [-0.2, -0.15) is 0 Å². The quantitative estimate of drug-likeness (QED) is 0.363. The molecule has 1 aromatic carbocycles. The summed E-state index contributed by atoms with van der Waals surface area (Å²) < 4.78 is 56.6. The van der Waals surface area contributed by atoms with Crippen LogP contribution in [0.2, 0.25) is 0 Å². The summed E-state index contributed by atoms with van der Waals surface area (Å²) in [4.78, 5) is 20.5. The van der Waals surface area contributed by atoms with Crippen molar-refractivity contribution in [2.45, 2.75) is 20.3 Å². The van der Waals surface area contributed by atoms with Crippen LogP contribution >= 0.6 is 0 Å². The Morgan fingerprint density at radius 1 is 1.15 bits per heavy atom. The minimum absolute atomic E-state index is 0.0572. The van der Waals surface area contributed by atoms with E-state index in [-0.39, 0.29) is 40.6 Å². The Balaban J connectivity index is 1.65. The average Bonchev–Trinajstić information content (AvgIpc) is 2.80. The molecule has 0 amide bonds. The van der Waals surface area contributed by atoms with Gasteiger partial charge in [-0.25, -0.2) is 32.5 Å². The van der Waals surface area contributed by atoms with Gasteiger partial charge in [0, 0.05) is 42.4 Å². The highest BCUT2D eigenvalue weighted by atomic mass is 32.2. The standard InChI is InChI=1S/C23H20F2N4O4S/c1-3-28-34(31)29-21-20(25)14(8-10-26-21)11-17-13(2)16-7-6-15(12-19(16)33-23(17)30)32-22-18(24)5-4-9-27-22/h4-10,12,28H,3,11H2,1-2H3,(H,26,29). The number of benzene rings is 1. The van der Waals surface area contributed by atoms with Gasteiger partial charge in [-0.15, -0.1) is 0 Å². The zero-order chi connectivity index (χ0) is 24.2. The Bertz CT molecular complexity index is 1440. The first-order valence-corrected chi connectivity index (χ1v) is 11.4. The van der Waals surface area contributed by atoms with Crippen molar-refractivity contribution in [1.82, 2.24) is 14.7 Å². The van der Waals surface area contributed by atoms with E-state index >= 15 is 0 Å². The van der Waals surface area contributed by atoms with Gasteiger partial charge in [0.15, 0.2) is 28.6 Å². The van der Waals surface area contributed by atoms with E-state index in [1.807, 2.05) is 0 Å². The SMILES string of the molecule is CCNS(=O)Nc1nccc(Cc2c(C)c3ccc(Oc4ncccc4F)cc3oc2=O)c1F. The molecule has 0 fully saturated rings. The van der Waals surface area contributed by atoms with E-state index in [9.17, 15) is 17.8 Å². The molecule has 0 aliphatic carbocycles. The lowest BCUT2D eigenvalue weighted by Gasteiger charge is -2.12. The third-order valence-corrected chi connectivity index (χ3v) is 5.93. The van der Waals surface area contributed by atoms with Crippen molar-refractivity contribution in [2.75, 3.05) is 11.3 Å². The summed E-state index contributed by atoms with van der Waals surface area (Å²) >= 11 is -1.70. The maximum absolute atomic E-state index is 15.0. The first kappa shape index (κ1) is 23.5. The van der Waals surface area contributed by atoms with Crippen LogP contribution in [-0.2, 0) is 17.6 Å². The van der Waals surface area contributed by atoms with Gasteiger partial charge in [0.1, 0.15) is 11.3 Å². The molecule has 0 spiro atoms. The van der Waals surface area contributed by atoms with Crippen molar-refractivity contribution >= 4 is 28.0 Å². The second-order valence-corrected chi connectivity index (χ2v) is 8.25. The Morgan fingerprint density at radius 3 is 2.74 bits per heavy atom. The van der Waals surface area contributed by atoms with E-state index in [0.717, 1.165) is 0 Å². The molecule has 1 atom stereocenters. The van der Waals surface area contributed by atoms with Crippen molar-refractivity contribution < 1.29 is 22.1 Å². The van der Waals surface area contributed by atoms with Crippen molar-refractivity contribution in [1.29, 1.82) is 0 Å². The summed E-state index contributed by atoms with van der Waals surface area (Å²) in [7, 11) is 0. The van der Waals surface area contributed by atoms with Crippen LogP contribution in [0.15, 0.2) is 58.0 Å². The van der Waals surface area contributed by atoms with E-state index in [2.05, 4.69) is 19.4 Å². The molecule has 0 aliphatic rings. The molecule has 0 aliphatic heterocycles. The second-order valence-electron chi connectivity index (χ2n) is 7.22. The van der Waals surface area contributed by atoms with Crippen molar-refractivity contribution in [3.05, 3.63) is 87.5 Å². The number of nitrogens with zero attached hydrogens (tertiary/aromatic N) is 2. The number of pyridine rings is 2. The Hall–Kier alpha value is -3.70. The number of nitrogens with one attached hydrogen (secondary N) is 2. The molecule has 0 saturated heterocycles. The molecule has 2 N–H and O–H groups in total. The van der Waals surface area contributed by atoms with Crippen LogP contribution < -0.4 is 19.8 Å². The molecule has 4 rings (SSSR count). The molecule has 11 heteroatoms.